The second-order valence-corrected chi connectivity index (χ2v) is 9.97. The molecule has 2 fully saturated rings. The highest BCUT2D eigenvalue weighted by Crippen LogP contribution is 2.36. The van der Waals surface area contributed by atoms with E-state index in [1.165, 1.54) is 22.4 Å². The molecule has 2 aliphatic rings. The molecule has 6 heteroatoms. The third-order valence-corrected chi connectivity index (χ3v) is 7.62. The Morgan fingerprint density at radius 3 is 2.52 bits per heavy atom. The molecule has 33 heavy (non-hydrogen) atoms. The molecule has 5 rings (SSSR count). The van der Waals surface area contributed by atoms with Crippen LogP contribution in [-0.4, -0.2) is 60.0 Å². The summed E-state index contributed by atoms with van der Waals surface area (Å²) in [7, 11) is 0. The molecule has 2 saturated heterocycles. The lowest BCUT2D eigenvalue weighted by Crippen LogP contribution is -2.70. The van der Waals surface area contributed by atoms with E-state index in [9.17, 15) is 0 Å². The van der Waals surface area contributed by atoms with Crippen LogP contribution < -0.4 is 10.2 Å². The first kappa shape index (κ1) is 22.1. The van der Waals surface area contributed by atoms with Crippen LogP contribution in [0.3, 0.4) is 0 Å². The van der Waals surface area contributed by atoms with Crippen LogP contribution in [0.2, 0.25) is 0 Å². The second kappa shape index (κ2) is 8.58. The smallest absolute Gasteiger partial charge is 0.157 e. The highest BCUT2D eigenvalue weighted by molar-refractivity contribution is 5.95. The van der Waals surface area contributed by atoms with Gasteiger partial charge in [-0.3, -0.25) is 4.90 Å². The lowest BCUT2D eigenvalue weighted by Gasteiger charge is -2.56. The molecule has 1 N–H and O–H groups in total. The molecule has 0 bridgehead atoms. The Morgan fingerprint density at radius 1 is 1.00 bits per heavy atom. The maximum atomic E-state index is 5.55. The fraction of sp³-hybridized carbons (Fsp3) is 0.481. The zero-order valence-corrected chi connectivity index (χ0v) is 20.5. The summed E-state index contributed by atoms with van der Waals surface area (Å²) in [4.78, 5) is 5.06. The number of aryl methyl sites for hydroxylation is 2. The van der Waals surface area contributed by atoms with Gasteiger partial charge in [-0.15, -0.1) is 5.10 Å². The molecule has 0 saturated carbocycles. The van der Waals surface area contributed by atoms with Gasteiger partial charge in [-0.25, -0.2) is 0 Å². The summed E-state index contributed by atoms with van der Waals surface area (Å²) in [5.74, 6) is 0.849. The van der Waals surface area contributed by atoms with Crippen LogP contribution in [-0.2, 0) is 4.74 Å². The van der Waals surface area contributed by atoms with Crippen molar-refractivity contribution in [2.75, 3.05) is 49.6 Å². The quantitative estimate of drug-likeness (QED) is 0.618. The summed E-state index contributed by atoms with van der Waals surface area (Å²) in [6.45, 7) is 16.8. The zero-order chi connectivity index (χ0) is 23.2. The van der Waals surface area contributed by atoms with E-state index in [4.69, 9.17) is 4.74 Å². The van der Waals surface area contributed by atoms with Crippen molar-refractivity contribution in [3.63, 3.8) is 0 Å². The van der Waals surface area contributed by atoms with Gasteiger partial charge in [0.05, 0.1) is 30.5 Å². The van der Waals surface area contributed by atoms with E-state index < -0.39 is 0 Å². The molecule has 1 atom stereocenters. The first-order chi connectivity index (χ1) is 15.9. The van der Waals surface area contributed by atoms with Crippen LogP contribution in [0.25, 0.3) is 10.8 Å². The number of aromatic nitrogens is 2. The van der Waals surface area contributed by atoms with Crippen molar-refractivity contribution < 1.29 is 4.74 Å². The largest absolute Gasteiger partial charge is 0.379 e. The summed E-state index contributed by atoms with van der Waals surface area (Å²) < 4.78 is 5.55. The number of morpholine rings is 1. The fourth-order valence-electron chi connectivity index (χ4n) is 5.37. The average Bonchev–Trinajstić information content (AvgIpc) is 2.81. The third kappa shape index (κ3) is 4.06. The first-order valence-electron chi connectivity index (χ1n) is 12.0. The highest BCUT2D eigenvalue weighted by atomic mass is 16.5. The molecule has 3 heterocycles. The van der Waals surface area contributed by atoms with Crippen molar-refractivity contribution in [1.29, 1.82) is 0 Å². The van der Waals surface area contributed by atoms with Crippen LogP contribution >= 0.6 is 0 Å². The molecule has 0 amide bonds. The molecule has 174 valence electrons. The maximum Gasteiger partial charge on any atom is 0.157 e. The lowest BCUT2D eigenvalue weighted by atomic mass is 9.88. The molecule has 0 unspecified atom stereocenters. The summed E-state index contributed by atoms with van der Waals surface area (Å²) in [6.07, 6.45) is 0. The predicted octanol–water partition coefficient (Wildman–Crippen LogP) is 4.64. The molecule has 0 spiro atoms. The second-order valence-electron chi connectivity index (χ2n) is 9.97. The van der Waals surface area contributed by atoms with E-state index >= 15 is 0 Å². The van der Waals surface area contributed by atoms with Crippen LogP contribution in [0.1, 0.15) is 42.3 Å². The average molecular weight is 446 g/mol. The minimum absolute atomic E-state index is 0.141. The Bertz CT molecular complexity index is 1160. The Labute approximate surface area is 196 Å². The number of nitrogens with zero attached hydrogens (tertiary/aromatic N) is 4. The van der Waals surface area contributed by atoms with Crippen molar-refractivity contribution in [2.24, 2.45) is 0 Å². The van der Waals surface area contributed by atoms with E-state index in [1.54, 1.807) is 0 Å². The van der Waals surface area contributed by atoms with Gasteiger partial charge in [-0.05, 0) is 63.4 Å². The van der Waals surface area contributed by atoms with Gasteiger partial charge in [0.15, 0.2) is 5.82 Å². The topological polar surface area (TPSA) is 53.5 Å². The number of fused-ring (bicyclic) bond motifs is 1. The summed E-state index contributed by atoms with van der Waals surface area (Å²) >= 11 is 0. The number of nitrogens with one attached hydrogen (secondary N) is 1. The van der Waals surface area contributed by atoms with Gasteiger partial charge < -0.3 is 15.0 Å². The summed E-state index contributed by atoms with van der Waals surface area (Å²) in [5.41, 5.74) is 6.37. The number of benzene rings is 2. The molecule has 0 aliphatic carbocycles. The van der Waals surface area contributed by atoms with Crippen LogP contribution in [0, 0.1) is 20.8 Å². The summed E-state index contributed by atoms with van der Waals surface area (Å²) in [5, 5.41) is 15.0. The Balaban J connectivity index is 1.41. The number of anilines is 2. The van der Waals surface area contributed by atoms with Gasteiger partial charge in [0, 0.05) is 42.6 Å². The normalized spacial score (nSPS) is 19.4. The zero-order valence-electron chi connectivity index (χ0n) is 20.5. The molecule has 2 aromatic carbocycles. The van der Waals surface area contributed by atoms with Crippen LogP contribution in [0.4, 0.5) is 11.5 Å². The van der Waals surface area contributed by atoms with E-state index in [-0.39, 0.29) is 11.6 Å². The van der Waals surface area contributed by atoms with Crippen molar-refractivity contribution >= 4 is 22.3 Å². The monoisotopic (exact) mass is 445 g/mol. The number of ether oxygens (including phenoxy) is 1. The molecular formula is C27H35N5O. The minimum atomic E-state index is 0.141. The summed E-state index contributed by atoms with van der Waals surface area (Å²) in [6, 6.07) is 13.3. The minimum Gasteiger partial charge on any atom is -0.379 e. The Hall–Kier alpha value is -2.70. The molecule has 2 aliphatic heterocycles. The number of hydrogen-bond acceptors (Lipinski definition) is 6. The number of rotatable bonds is 5. The van der Waals surface area contributed by atoms with Crippen LogP contribution in [0.5, 0.6) is 0 Å². The van der Waals surface area contributed by atoms with Crippen molar-refractivity contribution in [1.82, 2.24) is 15.1 Å². The SMILES string of the molecule is Cc1cccc([C@@H](C)Nc2nnc(C)c3ccc(N4CC(C)(N5CCOCC5)C4)cc23)c1C. The predicted molar refractivity (Wildman–Crippen MR) is 135 cm³/mol. The van der Waals surface area contributed by atoms with Gasteiger partial charge in [0.25, 0.3) is 0 Å². The molecule has 3 aromatic rings. The number of hydrogen-bond donors (Lipinski definition) is 1. The van der Waals surface area contributed by atoms with E-state index in [0.29, 0.717) is 0 Å². The Kier molecular flexibility index (Phi) is 5.75. The van der Waals surface area contributed by atoms with Crippen molar-refractivity contribution in [3.8, 4) is 0 Å². The molecular weight excluding hydrogens is 410 g/mol. The van der Waals surface area contributed by atoms with Gasteiger partial charge in [-0.1, -0.05) is 24.3 Å². The van der Waals surface area contributed by atoms with E-state index in [1.807, 2.05) is 6.92 Å². The van der Waals surface area contributed by atoms with Gasteiger partial charge in [-0.2, -0.15) is 5.10 Å². The van der Waals surface area contributed by atoms with E-state index in [0.717, 1.165) is 61.7 Å². The maximum absolute atomic E-state index is 5.55. The van der Waals surface area contributed by atoms with Gasteiger partial charge >= 0.3 is 0 Å². The standard InChI is InChI=1S/C27H35N5O/c1-18-7-6-8-23(19(18)2)20(3)28-26-25-15-22(9-10-24(25)21(4)29-30-26)31-16-27(5,17-31)32-11-13-33-14-12-32/h6-10,15,20H,11-14,16-17H2,1-5H3,(H,28,30)/t20-/m1/s1. The van der Waals surface area contributed by atoms with Gasteiger partial charge in [0.2, 0.25) is 0 Å². The lowest BCUT2D eigenvalue weighted by molar-refractivity contribution is -0.0265. The van der Waals surface area contributed by atoms with E-state index in [2.05, 4.69) is 89.4 Å². The fourth-order valence-corrected chi connectivity index (χ4v) is 5.37. The van der Waals surface area contributed by atoms with Crippen molar-refractivity contribution in [3.05, 3.63) is 58.8 Å². The Morgan fingerprint density at radius 2 is 1.76 bits per heavy atom. The highest BCUT2D eigenvalue weighted by Gasteiger charge is 2.44. The van der Waals surface area contributed by atoms with Crippen LogP contribution in [0.15, 0.2) is 36.4 Å². The third-order valence-electron chi connectivity index (χ3n) is 7.62. The van der Waals surface area contributed by atoms with Crippen molar-refractivity contribution in [2.45, 2.75) is 46.2 Å². The molecule has 1 aromatic heterocycles. The molecule has 6 nitrogen and oxygen atoms in total. The first-order valence-corrected chi connectivity index (χ1v) is 12.0. The van der Waals surface area contributed by atoms with Gasteiger partial charge in [0.1, 0.15) is 0 Å². The molecule has 0 radical (unpaired) electrons.